The Morgan fingerprint density at radius 3 is 2.40 bits per heavy atom. The minimum atomic E-state index is -1.54. The lowest BCUT2D eigenvalue weighted by atomic mass is 9.93. The van der Waals surface area contributed by atoms with Crippen LogP contribution >= 0.6 is 0 Å². The first kappa shape index (κ1) is 17.4. The van der Waals surface area contributed by atoms with Crippen molar-refractivity contribution < 1.29 is 29.2 Å². The molecule has 1 rings (SSSR count). The molecule has 0 saturated carbocycles. The Bertz CT molecular complexity index is 328. The predicted molar refractivity (Wildman–Crippen MR) is 72.3 cm³/mol. The van der Waals surface area contributed by atoms with E-state index in [0.717, 1.165) is 0 Å². The quantitative estimate of drug-likeness (QED) is 0.737. The van der Waals surface area contributed by atoms with Crippen LogP contribution in [0.15, 0.2) is 0 Å². The Labute approximate surface area is 120 Å². The normalized spacial score (nSPS) is 26.4. The van der Waals surface area contributed by atoms with Gasteiger partial charge in [0.05, 0.1) is 24.9 Å². The Morgan fingerprint density at radius 1 is 1.40 bits per heavy atom. The van der Waals surface area contributed by atoms with Crippen LogP contribution in [0.25, 0.3) is 0 Å². The molecule has 0 aliphatic carbocycles. The summed E-state index contributed by atoms with van der Waals surface area (Å²) >= 11 is 0. The third kappa shape index (κ3) is 5.01. The molecule has 4 atom stereocenters. The Kier molecular flexibility index (Phi) is 5.94. The van der Waals surface area contributed by atoms with Crippen LogP contribution in [0.4, 0.5) is 0 Å². The highest BCUT2D eigenvalue weighted by atomic mass is 16.7. The van der Waals surface area contributed by atoms with Crippen molar-refractivity contribution in [1.29, 1.82) is 0 Å². The molecule has 0 spiro atoms. The molecule has 1 fully saturated rings. The molecular formula is C14H26O6. The monoisotopic (exact) mass is 290 g/mol. The summed E-state index contributed by atoms with van der Waals surface area (Å²) in [6.45, 7) is 9.62. The minimum absolute atomic E-state index is 0.112. The number of hydrogen-bond acceptors (Lipinski definition) is 5. The van der Waals surface area contributed by atoms with Gasteiger partial charge in [-0.2, -0.15) is 0 Å². The van der Waals surface area contributed by atoms with Gasteiger partial charge in [0.15, 0.2) is 11.9 Å². The first-order valence-electron chi connectivity index (χ1n) is 7.00. The molecule has 2 N–H and O–H groups in total. The number of ether oxygens (including phenoxy) is 3. The summed E-state index contributed by atoms with van der Waals surface area (Å²) in [7, 11) is 0. The Balaban J connectivity index is 2.63. The molecule has 0 aromatic carbocycles. The molecule has 0 aromatic heterocycles. The van der Waals surface area contributed by atoms with Gasteiger partial charge in [-0.1, -0.05) is 6.92 Å². The second kappa shape index (κ2) is 6.85. The van der Waals surface area contributed by atoms with Crippen LogP contribution < -0.4 is 0 Å². The van der Waals surface area contributed by atoms with Gasteiger partial charge in [0.1, 0.15) is 0 Å². The van der Waals surface area contributed by atoms with Gasteiger partial charge in [-0.25, -0.2) is 4.79 Å². The molecular weight excluding hydrogens is 264 g/mol. The molecule has 6 heteroatoms. The lowest BCUT2D eigenvalue weighted by Crippen LogP contribution is -2.43. The van der Waals surface area contributed by atoms with Crippen molar-refractivity contribution in [3.05, 3.63) is 0 Å². The van der Waals surface area contributed by atoms with Crippen LogP contribution in [-0.4, -0.2) is 53.0 Å². The van der Waals surface area contributed by atoms with Gasteiger partial charge in [-0.15, -0.1) is 0 Å². The maximum absolute atomic E-state index is 11.0. The van der Waals surface area contributed by atoms with Gasteiger partial charge < -0.3 is 24.4 Å². The highest BCUT2D eigenvalue weighted by molar-refractivity contribution is 5.72. The van der Waals surface area contributed by atoms with E-state index in [2.05, 4.69) is 0 Å². The van der Waals surface area contributed by atoms with E-state index in [1.54, 1.807) is 0 Å². The number of carboxylic acid groups (broad SMARTS) is 1. The summed E-state index contributed by atoms with van der Waals surface area (Å²) in [5, 5.41) is 18.8. The molecule has 1 aliphatic heterocycles. The van der Waals surface area contributed by atoms with Crippen LogP contribution in [0, 0.1) is 5.92 Å². The molecule has 6 nitrogen and oxygen atoms in total. The van der Waals surface area contributed by atoms with E-state index in [1.807, 2.05) is 34.6 Å². The molecule has 118 valence electrons. The van der Waals surface area contributed by atoms with Gasteiger partial charge in [-0.3, -0.25) is 0 Å². The Hall–Kier alpha value is -0.690. The van der Waals surface area contributed by atoms with E-state index in [9.17, 15) is 9.90 Å². The lowest BCUT2D eigenvalue weighted by Gasteiger charge is -2.29. The van der Waals surface area contributed by atoms with Gasteiger partial charge >= 0.3 is 5.97 Å². The predicted octanol–water partition coefficient (Wildman–Crippen LogP) is 1.40. The number of aliphatic hydroxyl groups excluding tert-OH is 1. The third-order valence-corrected chi connectivity index (χ3v) is 3.26. The molecule has 0 bridgehead atoms. The molecule has 0 radical (unpaired) electrons. The van der Waals surface area contributed by atoms with Crippen molar-refractivity contribution in [2.24, 2.45) is 5.92 Å². The van der Waals surface area contributed by atoms with Crippen LogP contribution in [0.1, 0.15) is 41.0 Å². The zero-order chi connectivity index (χ0) is 15.5. The average molecular weight is 290 g/mol. The summed E-state index contributed by atoms with van der Waals surface area (Å²) in [6.07, 6.45) is -2.00. The summed E-state index contributed by atoms with van der Waals surface area (Å²) in [4.78, 5) is 11.0. The van der Waals surface area contributed by atoms with E-state index in [-0.39, 0.29) is 18.1 Å². The van der Waals surface area contributed by atoms with Gasteiger partial charge in [0.2, 0.25) is 0 Å². The van der Waals surface area contributed by atoms with Crippen LogP contribution in [-0.2, 0) is 19.0 Å². The van der Waals surface area contributed by atoms with E-state index < -0.39 is 24.0 Å². The number of carbonyl (C=O) groups is 1. The lowest BCUT2D eigenvalue weighted by molar-refractivity contribution is -0.165. The van der Waals surface area contributed by atoms with Gasteiger partial charge in [0.25, 0.3) is 0 Å². The molecule has 0 aromatic rings. The molecule has 0 unspecified atom stereocenters. The topological polar surface area (TPSA) is 85.2 Å². The fourth-order valence-corrected chi connectivity index (χ4v) is 2.40. The van der Waals surface area contributed by atoms with Crippen molar-refractivity contribution in [1.82, 2.24) is 0 Å². The highest BCUT2D eigenvalue weighted by Gasteiger charge is 2.38. The molecule has 1 heterocycles. The van der Waals surface area contributed by atoms with E-state index in [4.69, 9.17) is 19.3 Å². The van der Waals surface area contributed by atoms with Crippen molar-refractivity contribution in [3.8, 4) is 0 Å². The number of carboxylic acids is 1. The number of hydrogen-bond donors (Lipinski definition) is 2. The van der Waals surface area contributed by atoms with Crippen molar-refractivity contribution >= 4 is 5.97 Å². The maximum atomic E-state index is 11.0. The number of rotatable bonds is 7. The smallest absolute Gasteiger partial charge is 0.335 e. The zero-order valence-electron chi connectivity index (χ0n) is 12.8. The van der Waals surface area contributed by atoms with Crippen molar-refractivity contribution in [3.63, 3.8) is 0 Å². The van der Waals surface area contributed by atoms with Crippen LogP contribution in [0.2, 0.25) is 0 Å². The number of aliphatic carboxylic acids is 1. The largest absolute Gasteiger partial charge is 0.479 e. The second-order valence-electron chi connectivity index (χ2n) is 6.10. The van der Waals surface area contributed by atoms with Crippen molar-refractivity contribution in [2.75, 3.05) is 6.61 Å². The fourth-order valence-electron chi connectivity index (χ4n) is 2.40. The molecule has 1 saturated heterocycles. The molecule has 0 amide bonds. The van der Waals surface area contributed by atoms with E-state index in [1.165, 1.54) is 0 Å². The summed E-state index contributed by atoms with van der Waals surface area (Å²) < 4.78 is 16.8. The molecule has 20 heavy (non-hydrogen) atoms. The summed E-state index contributed by atoms with van der Waals surface area (Å²) in [5.41, 5.74) is 0. The zero-order valence-corrected chi connectivity index (χ0v) is 12.8. The maximum Gasteiger partial charge on any atom is 0.335 e. The summed E-state index contributed by atoms with van der Waals surface area (Å²) in [6, 6.07) is 0. The molecule has 1 aliphatic rings. The van der Waals surface area contributed by atoms with E-state index >= 15 is 0 Å². The van der Waals surface area contributed by atoms with E-state index in [0.29, 0.717) is 13.0 Å². The standard InChI is InChI=1S/C14H26O6/c1-8(2)19-12(11(15)13(16)17)9(3)6-10-7-18-14(4,5)20-10/h8-12,15H,6-7H2,1-5H3,(H,16,17)/t9-,10-,11-,12+/m1/s1. The fraction of sp³-hybridized carbons (Fsp3) is 0.929. The van der Waals surface area contributed by atoms with Gasteiger partial charge in [-0.05, 0) is 40.0 Å². The summed E-state index contributed by atoms with van der Waals surface area (Å²) in [5.74, 6) is -2.04. The van der Waals surface area contributed by atoms with Crippen LogP contribution in [0.5, 0.6) is 0 Å². The third-order valence-electron chi connectivity index (χ3n) is 3.26. The van der Waals surface area contributed by atoms with Crippen molar-refractivity contribution in [2.45, 2.75) is 71.2 Å². The first-order chi connectivity index (χ1) is 9.12. The Morgan fingerprint density at radius 2 is 2.00 bits per heavy atom. The number of aliphatic hydroxyl groups is 1. The van der Waals surface area contributed by atoms with Gasteiger partial charge in [0, 0.05) is 0 Å². The van der Waals surface area contributed by atoms with Crippen LogP contribution in [0.3, 0.4) is 0 Å². The average Bonchev–Trinajstić information content (AvgIpc) is 2.64. The second-order valence-corrected chi connectivity index (χ2v) is 6.10. The minimum Gasteiger partial charge on any atom is -0.479 e. The first-order valence-corrected chi connectivity index (χ1v) is 7.00. The SMILES string of the molecule is CC(C)O[C@@H]([C@H](C)C[C@@H]1COC(C)(C)O1)[C@@H](O)C(=O)O. The highest BCUT2D eigenvalue weighted by Crippen LogP contribution is 2.28.